The van der Waals surface area contributed by atoms with Crippen LogP contribution in [0, 0.1) is 5.92 Å². The van der Waals surface area contributed by atoms with Crippen LogP contribution in [0.4, 0.5) is 4.79 Å². The van der Waals surface area contributed by atoms with Gasteiger partial charge in [0.05, 0.1) is 0 Å². The fourth-order valence-corrected chi connectivity index (χ4v) is 2.45. The van der Waals surface area contributed by atoms with Gasteiger partial charge >= 0.3 is 12.0 Å². The average Bonchev–Trinajstić information content (AvgIpc) is 2.69. The van der Waals surface area contributed by atoms with Gasteiger partial charge in [-0.3, -0.25) is 10.1 Å². The van der Waals surface area contributed by atoms with Gasteiger partial charge in [-0.2, -0.15) is 0 Å². The molecule has 0 heterocycles. The van der Waals surface area contributed by atoms with Crippen LogP contribution in [0.25, 0.3) is 0 Å². The monoisotopic (exact) mass is 400 g/mol. The Bertz CT molecular complexity index is 838. The number of imide groups is 1. The minimum atomic E-state index is -1.18. The third kappa shape index (κ3) is 6.84. The van der Waals surface area contributed by atoms with E-state index in [0.29, 0.717) is 11.5 Å². The molecule has 29 heavy (non-hydrogen) atoms. The Kier molecular flexibility index (Phi) is 8.02. The number of nitrogens with one attached hydrogen (secondary N) is 1. The molecule has 0 radical (unpaired) electrons. The summed E-state index contributed by atoms with van der Waals surface area (Å²) in [5, 5.41) is 1.93. The molecule has 0 fully saturated rings. The predicted molar refractivity (Wildman–Crippen MR) is 106 cm³/mol. The summed E-state index contributed by atoms with van der Waals surface area (Å²) in [5.74, 6) is -0.889. The van der Waals surface area contributed by atoms with Crippen LogP contribution in [-0.4, -0.2) is 37.2 Å². The molecular weight excluding hydrogens is 376 g/mol. The number of primary amides is 1. The first kappa shape index (κ1) is 21.7. The molecule has 0 aliphatic heterocycles. The Morgan fingerprint density at radius 3 is 2.21 bits per heavy atom. The molecule has 3 amide bonds. The number of ether oxygens (including phenoxy) is 3. The molecule has 0 saturated heterocycles. The van der Waals surface area contributed by atoms with Crippen LogP contribution in [-0.2, 0) is 9.53 Å². The predicted octanol–water partition coefficient (Wildman–Crippen LogP) is 2.52. The van der Waals surface area contributed by atoms with Crippen molar-refractivity contribution >= 4 is 17.9 Å². The highest BCUT2D eigenvalue weighted by Crippen LogP contribution is 2.21. The maximum Gasteiger partial charge on any atom is 0.342 e. The Balaban J connectivity index is 1.99. The normalized spacial score (nSPS) is 11.4. The molecular formula is C21H24N2O6. The summed E-state index contributed by atoms with van der Waals surface area (Å²) in [7, 11) is 0. The number of benzene rings is 2. The molecule has 0 aromatic heterocycles. The van der Waals surface area contributed by atoms with Crippen LogP contribution >= 0.6 is 0 Å². The lowest BCUT2D eigenvalue weighted by Gasteiger charge is -2.20. The number of carbonyl (C=O) groups is 3. The van der Waals surface area contributed by atoms with E-state index in [1.54, 1.807) is 32.0 Å². The van der Waals surface area contributed by atoms with E-state index in [-0.39, 0.29) is 24.7 Å². The highest BCUT2D eigenvalue weighted by Gasteiger charge is 2.28. The first-order valence-electron chi connectivity index (χ1n) is 9.09. The van der Waals surface area contributed by atoms with E-state index in [9.17, 15) is 14.4 Å². The highest BCUT2D eigenvalue weighted by atomic mass is 16.6. The second-order valence-electron chi connectivity index (χ2n) is 6.43. The fraction of sp³-hybridized carbons (Fsp3) is 0.286. The Labute approximate surface area is 168 Å². The van der Waals surface area contributed by atoms with Gasteiger partial charge in [-0.25, -0.2) is 9.59 Å². The Morgan fingerprint density at radius 1 is 0.931 bits per heavy atom. The van der Waals surface area contributed by atoms with Gasteiger partial charge in [0.25, 0.3) is 5.91 Å². The van der Waals surface area contributed by atoms with Crippen molar-refractivity contribution in [3.8, 4) is 11.5 Å². The quantitative estimate of drug-likeness (QED) is 0.493. The fourth-order valence-electron chi connectivity index (χ4n) is 2.45. The zero-order valence-electron chi connectivity index (χ0n) is 16.3. The lowest BCUT2D eigenvalue weighted by atomic mass is 10.1. The standard InChI is InChI=1S/C21H24N2O6/c1-14(2)18(19(24)23-21(22)26)29-20(25)16-10-6-7-11-17(16)28-13-12-27-15-8-4-3-5-9-15/h3-11,14,18H,12-13H2,1-2H3,(H3,22,23,24,26)/t18-/m1/s1. The summed E-state index contributed by atoms with van der Waals surface area (Å²) in [4.78, 5) is 35.6. The smallest absolute Gasteiger partial charge is 0.342 e. The zero-order chi connectivity index (χ0) is 21.2. The van der Waals surface area contributed by atoms with Crippen molar-refractivity contribution in [2.75, 3.05) is 13.2 Å². The van der Waals surface area contributed by atoms with Crippen LogP contribution in [0.2, 0.25) is 0 Å². The minimum absolute atomic E-state index is 0.157. The molecule has 0 saturated carbocycles. The summed E-state index contributed by atoms with van der Waals surface area (Å²) >= 11 is 0. The maximum absolute atomic E-state index is 12.6. The van der Waals surface area contributed by atoms with Crippen molar-refractivity contribution in [1.82, 2.24) is 5.32 Å². The van der Waals surface area contributed by atoms with E-state index in [1.807, 2.05) is 35.6 Å². The van der Waals surface area contributed by atoms with E-state index < -0.39 is 24.0 Å². The van der Waals surface area contributed by atoms with Crippen LogP contribution in [0.3, 0.4) is 0 Å². The van der Waals surface area contributed by atoms with Crippen molar-refractivity contribution in [3.63, 3.8) is 0 Å². The Morgan fingerprint density at radius 2 is 1.55 bits per heavy atom. The van der Waals surface area contributed by atoms with Crippen molar-refractivity contribution in [2.45, 2.75) is 20.0 Å². The summed E-state index contributed by atoms with van der Waals surface area (Å²) in [5.41, 5.74) is 5.12. The van der Waals surface area contributed by atoms with Crippen LogP contribution in [0.15, 0.2) is 54.6 Å². The van der Waals surface area contributed by atoms with E-state index >= 15 is 0 Å². The highest BCUT2D eigenvalue weighted by molar-refractivity contribution is 5.99. The van der Waals surface area contributed by atoms with Gasteiger partial charge < -0.3 is 19.9 Å². The summed E-state index contributed by atoms with van der Waals surface area (Å²) in [6.07, 6.45) is -1.18. The van der Waals surface area contributed by atoms with Gasteiger partial charge in [-0.05, 0) is 30.2 Å². The van der Waals surface area contributed by atoms with Crippen molar-refractivity contribution in [1.29, 1.82) is 0 Å². The second-order valence-corrected chi connectivity index (χ2v) is 6.43. The number of hydrogen-bond donors (Lipinski definition) is 2. The third-order valence-corrected chi connectivity index (χ3v) is 3.80. The van der Waals surface area contributed by atoms with Crippen molar-refractivity contribution < 1.29 is 28.6 Å². The topological polar surface area (TPSA) is 117 Å². The third-order valence-electron chi connectivity index (χ3n) is 3.80. The van der Waals surface area contributed by atoms with Gasteiger partial charge in [0, 0.05) is 0 Å². The summed E-state index contributed by atoms with van der Waals surface area (Å²) < 4.78 is 16.5. The maximum atomic E-state index is 12.6. The Hall–Kier alpha value is -3.55. The molecule has 8 nitrogen and oxygen atoms in total. The number of hydrogen-bond acceptors (Lipinski definition) is 6. The SMILES string of the molecule is CC(C)[C@@H](OC(=O)c1ccccc1OCCOc1ccccc1)C(=O)NC(N)=O. The van der Waals surface area contributed by atoms with Gasteiger partial charge in [0.1, 0.15) is 30.3 Å². The molecule has 2 aromatic carbocycles. The molecule has 0 unspecified atom stereocenters. The van der Waals surface area contributed by atoms with Crippen LogP contribution in [0.1, 0.15) is 24.2 Å². The van der Waals surface area contributed by atoms with E-state index in [1.165, 1.54) is 6.07 Å². The first-order chi connectivity index (χ1) is 13.9. The van der Waals surface area contributed by atoms with E-state index in [4.69, 9.17) is 19.9 Å². The van der Waals surface area contributed by atoms with Crippen LogP contribution < -0.4 is 20.5 Å². The number of para-hydroxylation sites is 2. The molecule has 3 N–H and O–H groups in total. The molecule has 0 aliphatic rings. The molecule has 0 bridgehead atoms. The van der Waals surface area contributed by atoms with Gasteiger partial charge in [0.15, 0.2) is 6.10 Å². The van der Waals surface area contributed by atoms with Gasteiger partial charge in [-0.15, -0.1) is 0 Å². The number of carbonyl (C=O) groups excluding carboxylic acids is 3. The molecule has 0 spiro atoms. The summed E-state index contributed by atoms with van der Waals surface area (Å²) in [6, 6.07) is 14.8. The molecule has 2 aromatic rings. The minimum Gasteiger partial charge on any atom is -0.490 e. The number of urea groups is 1. The second kappa shape index (κ2) is 10.7. The molecule has 1 atom stereocenters. The van der Waals surface area contributed by atoms with Gasteiger partial charge in [0.2, 0.25) is 0 Å². The van der Waals surface area contributed by atoms with E-state index in [2.05, 4.69) is 0 Å². The molecule has 2 rings (SSSR count). The van der Waals surface area contributed by atoms with Crippen molar-refractivity contribution in [2.24, 2.45) is 11.7 Å². The average molecular weight is 400 g/mol. The lowest BCUT2D eigenvalue weighted by molar-refractivity contribution is -0.130. The molecule has 8 heteroatoms. The van der Waals surface area contributed by atoms with Crippen LogP contribution in [0.5, 0.6) is 11.5 Å². The number of rotatable bonds is 9. The molecule has 154 valence electrons. The zero-order valence-corrected chi connectivity index (χ0v) is 16.3. The number of amides is 3. The van der Waals surface area contributed by atoms with Crippen molar-refractivity contribution in [3.05, 3.63) is 60.2 Å². The van der Waals surface area contributed by atoms with Gasteiger partial charge in [-0.1, -0.05) is 44.2 Å². The number of esters is 1. The first-order valence-corrected chi connectivity index (χ1v) is 9.09. The largest absolute Gasteiger partial charge is 0.490 e. The van der Waals surface area contributed by atoms with E-state index in [0.717, 1.165) is 0 Å². The number of nitrogens with two attached hydrogens (primary N) is 1. The lowest BCUT2D eigenvalue weighted by Crippen LogP contribution is -2.45. The molecule has 0 aliphatic carbocycles. The summed E-state index contributed by atoms with van der Waals surface area (Å²) in [6.45, 7) is 3.85.